The molecule has 2 N–H and O–H groups in total. The molecular weight excluding hydrogens is 344 g/mol. The average Bonchev–Trinajstić information content (AvgIpc) is 3.00. The van der Waals surface area contributed by atoms with Gasteiger partial charge in [0, 0.05) is 7.05 Å². The average molecular weight is 357 g/mol. The van der Waals surface area contributed by atoms with Crippen molar-refractivity contribution in [2.45, 2.75) is 11.8 Å². The number of nitrogens with one attached hydrogen (secondary N) is 2. The highest BCUT2D eigenvalue weighted by Crippen LogP contribution is 2.24. The number of benzene rings is 1. The van der Waals surface area contributed by atoms with Gasteiger partial charge >= 0.3 is 6.03 Å². The largest absolute Gasteiger partial charge is 0.482 e. The fourth-order valence-electron chi connectivity index (χ4n) is 1.41. The zero-order chi connectivity index (χ0) is 16.7. The van der Waals surface area contributed by atoms with Crippen LogP contribution in [0, 0.1) is 0 Å². The van der Waals surface area contributed by atoms with E-state index in [0.717, 1.165) is 11.8 Å². The van der Waals surface area contributed by atoms with Crippen molar-refractivity contribution in [3.8, 4) is 5.75 Å². The van der Waals surface area contributed by atoms with Gasteiger partial charge in [0.2, 0.25) is 5.91 Å². The number of carbonyl (C=O) groups excluding carboxylic acids is 2. The van der Waals surface area contributed by atoms with Crippen LogP contribution in [0.25, 0.3) is 0 Å². The van der Waals surface area contributed by atoms with Gasteiger partial charge in [0.1, 0.15) is 5.75 Å². The van der Waals surface area contributed by atoms with E-state index in [0.29, 0.717) is 10.8 Å². The molecular formula is C13H13ClN4O4S. The molecule has 23 heavy (non-hydrogen) atoms. The summed E-state index contributed by atoms with van der Waals surface area (Å²) in [5, 5.41) is 12.7. The quantitative estimate of drug-likeness (QED) is 0.760. The molecule has 0 fully saturated rings. The van der Waals surface area contributed by atoms with E-state index < -0.39 is 11.9 Å². The first-order valence-electron chi connectivity index (χ1n) is 6.42. The number of imide groups is 1. The number of halogens is 1. The summed E-state index contributed by atoms with van der Waals surface area (Å²) in [6, 6.07) is 6.44. The van der Waals surface area contributed by atoms with E-state index in [2.05, 4.69) is 20.8 Å². The van der Waals surface area contributed by atoms with Gasteiger partial charge in [-0.15, -0.1) is 10.2 Å². The monoisotopic (exact) mass is 356 g/mol. The number of thioether (sulfide) groups is 1. The second kappa shape index (κ2) is 8.39. The van der Waals surface area contributed by atoms with Crippen LogP contribution in [0.4, 0.5) is 4.79 Å². The molecule has 0 aliphatic heterocycles. The summed E-state index contributed by atoms with van der Waals surface area (Å²) in [4.78, 5) is 22.4. The molecule has 2 aromatic rings. The molecule has 2 rings (SSSR count). The predicted octanol–water partition coefficient (Wildman–Crippen LogP) is 1.85. The molecule has 0 aliphatic rings. The minimum absolute atomic E-state index is 0.0274. The Kier molecular flexibility index (Phi) is 6.24. The molecule has 3 amide bonds. The van der Waals surface area contributed by atoms with Gasteiger partial charge in [-0.2, -0.15) is 0 Å². The van der Waals surface area contributed by atoms with Crippen LogP contribution < -0.4 is 15.4 Å². The van der Waals surface area contributed by atoms with Crippen LogP contribution >= 0.6 is 23.4 Å². The number of aromatic nitrogens is 2. The van der Waals surface area contributed by atoms with Crippen molar-refractivity contribution in [1.82, 2.24) is 20.8 Å². The smallest absolute Gasteiger partial charge is 0.321 e. The highest BCUT2D eigenvalue weighted by Gasteiger charge is 2.12. The third-order valence-electron chi connectivity index (χ3n) is 2.44. The molecule has 0 spiro atoms. The van der Waals surface area contributed by atoms with Crippen LogP contribution in [-0.4, -0.2) is 34.9 Å². The Balaban J connectivity index is 1.80. The molecule has 1 heterocycles. The highest BCUT2D eigenvalue weighted by atomic mass is 35.5. The van der Waals surface area contributed by atoms with Crippen molar-refractivity contribution >= 4 is 35.3 Å². The lowest BCUT2D eigenvalue weighted by Crippen LogP contribution is -2.38. The molecule has 122 valence electrons. The third-order valence-corrected chi connectivity index (χ3v) is 3.57. The zero-order valence-electron chi connectivity index (χ0n) is 12.0. The minimum Gasteiger partial charge on any atom is -0.482 e. The van der Waals surface area contributed by atoms with Gasteiger partial charge in [-0.25, -0.2) is 4.79 Å². The summed E-state index contributed by atoms with van der Waals surface area (Å²) in [5.74, 6) is 0.257. The second-order valence-electron chi connectivity index (χ2n) is 4.10. The number of urea groups is 1. The number of carbonyl (C=O) groups is 2. The minimum atomic E-state index is -0.574. The maximum absolute atomic E-state index is 11.4. The van der Waals surface area contributed by atoms with Crippen LogP contribution in [0.5, 0.6) is 5.75 Å². The van der Waals surface area contributed by atoms with Crippen LogP contribution in [0.2, 0.25) is 5.02 Å². The van der Waals surface area contributed by atoms with E-state index in [1.807, 2.05) is 0 Å². The first kappa shape index (κ1) is 17.1. The summed E-state index contributed by atoms with van der Waals surface area (Å²) in [6.07, 6.45) is 0. The van der Waals surface area contributed by atoms with E-state index in [1.54, 1.807) is 24.3 Å². The van der Waals surface area contributed by atoms with Gasteiger partial charge in [-0.05, 0) is 12.1 Å². The first-order chi connectivity index (χ1) is 11.1. The Morgan fingerprint density at radius 2 is 2.13 bits per heavy atom. The fraction of sp³-hybridized carbons (Fsp3) is 0.231. The molecule has 0 unspecified atom stereocenters. The summed E-state index contributed by atoms with van der Waals surface area (Å²) in [6.45, 7) is 0.0573. The Morgan fingerprint density at radius 3 is 2.87 bits per heavy atom. The lowest BCUT2D eigenvalue weighted by molar-refractivity contribution is -0.117. The highest BCUT2D eigenvalue weighted by molar-refractivity contribution is 7.99. The van der Waals surface area contributed by atoms with Crippen LogP contribution in [0.15, 0.2) is 33.9 Å². The normalized spacial score (nSPS) is 10.2. The molecule has 0 aliphatic carbocycles. The van der Waals surface area contributed by atoms with Gasteiger partial charge < -0.3 is 14.5 Å². The number of amides is 3. The zero-order valence-corrected chi connectivity index (χ0v) is 13.6. The Labute approximate surface area is 140 Å². The summed E-state index contributed by atoms with van der Waals surface area (Å²) in [5.41, 5.74) is 0. The molecule has 0 atom stereocenters. The topological polar surface area (TPSA) is 106 Å². The molecule has 0 saturated heterocycles. The summed E-state index contributed by atoms with van der Waals surface area (Å²) in [7, 11) is 1.42. The number of hydrogen-bond donors (Lipinski definition) is 2. The molecule has 1 aromatic heterocycles. The molecule has 1 aromatic carbocycles. The summed E-state index contributed by atoms with van der Waals surface area (Å²) >= 11 is 6.97. The van der Waals surface area contributed by atoms with Crippen LogP contribution in [0.1, 0.15) is 5.89 Å². The van der Waals surface area contributed by atoms with Crippen LogP contribution in [0.3, 0.4) is 0 Å². The van der Waals surface area contributed by atoms with Gasteiger partial charge in [0.25, 0.3) is 11.1 Å². The standard InChI is InChI=1S/C13H13ClN4O4S/c1-15-12(20)16-10(19)7-23-13-18-17-11(22-13)6-21-9-5-3-2-4-8(9)14/h2-5H,6-7H2,1H3,(H2,15,16,19,20). The van der Waals surface area contributed by atoms with Gasteiger partial charge in [0.05, 0.1) is 10.8 Å². The number of hydrogen-bond acceptors (Lipinski definition) is 7. The lowest BCUT2D eigenvalue weighted by atomic mass is 10.3. The van der Waals surface area contributed by atoms with Crippen molar-refractivity contribution < 1.29 is 18.7 Å². The Morgan fingerprint density at radius 1 is 1.35 bits per heavy atom. The van der Waals surface area contributed by atoms with Gasteiger partial charge in [-0.1, -0.05) is 35.5 Å². The Hall–Kier alpha value is -2.26. The van der Waals surface area contributed by atoms with Crippen LogP contribution in [-0.2, 0) is 11.4 Å². The molecule has 8 nitrogen and oxygen atoms in total. The number of para-hydroxylation sites is 1. The van der Waals surface area contributed by atoms with Crippen molar-refractivity contribution in [3.63, 3.8) is 0 Å². The Bertz CT molecular complexity index is 694. The second-order valence-corrected chi connectivity index (χ2v) is 5.43. The SMILES string of the molecule is CNC(=O)NC(=O)CSc1nnc(COc2ccccc2Cl)o1. The van der Waals surface area contributed by atoms with Crippen molar-refractivity contribution in [3.05, 3.63) is 35.2 Å². The van der Waals surface area contributed by atoms with Gasteiger partial charge in [-0.3, -0.25) is 10.1 Å². The third kappa shape index (κ3) is 5.46. The molecule has 0 saturated carbocycles. The fourth-order valence-corrected chi connectivity index (χ4v) is 2.18. The number of rotatable bonds is 6. The number of nitrogens with zero attached hydrogens (tertiary/aromatic N) is 2. The maximum Gasteiger partial charge on any atom is 0.321 e. The van der Waals surface area contributed by atoms with E-state index in [1.165, 1.54) is 7.05 Å². The number of ether oxygens (including phenoxy) is 1. The summed E-state index contributed by atoms with van der Waals surface area (Å²) < 4.78 is 10.8. The van der Waals surface area contributed by atoms with E-state index in [-0.39, 0.29) is 23.5 Å². The van der Waals surface area contributed by atoms with E-state index >= 15 is 0 Å². The van der Waals surface area contributed by atoms with Crippen molar-refractivity contribution in [1.29, 1.82) is 0 Å². The molecule has 0 bridgehead atoms. The molecule has 10 heteroatoms. The predicted molar refractivity (Wildman–Crippen MR) is 83.4 cm³/mol. The maximum atomic E-state index is 11.4. The van der Waals surface area contributed by atoms with Gasteiger partial charge in [0.15, 0.2) is 6.61 Å². The lowest BCUT2D eigenvalue weighted by Gasteiger charge is -2.04. The van der Waals surface area contributed by atoms with E-state index in [9.17, 15) is 9.59 Å². The van der Waals surface area contributed by atoms with E-state index in [4.69, 9.17) is 20.8 Å². The van der Waals surface area contributed by atoms with Crippen molar-refractivity contribution in [2.75, 3.05) is 12.8 Å². The molecule has 0 radical (unpaired) electrons. The van der Waals surface area contributed by atoms with Crippen molar-refractivity contribution in [2.24, 2.45) is 0 Å². The first-order valence-corrected chi connectivity index (χ1v) is 7.79.